The zero-order valence-corrected chi connectivity index (χ0v) is 21.7. The summed E-state index contributed by atoms with van der Waals surface area (Å²) in [5.74, 6) is 2.65. The van der Waals surface area contributed by atoms with Crippen LogP contribution in [0.15, 0.2) is 66.7 Å². The van der Waals surface area contributed by atoms with Gasteiger partial charge in [0.2, 0.25) is 5.91 Å². The summed E-state index contributed by atoms with van der Waals surface area (Å²) < 4.78 is 8.33. The van der Waals surface area contributed by atoms with Crippen LogP contribution in [0.5, 0.6) is 5.75 Å². The van der Waals surface area contributed by atoms with Gasteiger partial charge in [-0.2, -0.15) is 0 Å². The molecule has 1 amide bonds. The van der Waals surface area contributed by atoms with Crippen molar-refractivity contribution in [1.29, 1.82) is 0 Å². The summed E-state index contributed by atoms with van der Waals surface area (Å²) in [6, 6.07) is 22.8. The van der Waals surface area contributed by atoms with E-state index in [0.717, 1.165) is 41.3 Å². The largest absolute Gasteiger partial charge is 0.494 e. The van der Waals surface area contributed by atoms with Gasteiger partial charge in [-0.3, -0.25) is 4.79 Å². The molecule has 1 fully saturated rings. The Morgan fingerprint density at radius 1 is 1.00 bits per heavy atom. The normalized spacial score (nSPS) is 15.9. The van der Waals surface area contributed by atoms with Gasteiger partial charge in [-0.15, -0.1) is 0 Å². The Morgan fingerprint density at radius 3 is 2.56 bits per heavy atom. The molecular formula is C31H35N3O2. The number of carbonyl (C=O) groups is 1. The first-order valence-corrected chi connectivity index (χ1v) is 13.0. The van der Waals surface area contributed by atoms with E-state index in [-0.39, 0.29) is 11.8 Å². The van der Waals surface area contributed by atoms with Gasteiger partial charge in [0.15, 0.2) is 0 Å². The maximum Gasteiger partial charge on any atom is 0.227 e. The number of rotatable bonds is 8. The van der Waals surface area contributed by atoms with Gasteiger partial charge in [0.1, 0.15) is 11.6 Å². The molecule has 0 aliphatic carbocycles. The quantitative estimate of drug-likeness (QED) is 0.261. The topological polar surface area (TPSA) is 47.4 Å². The molecule has 5 rings (SSSR count). The van der Waals surface area contributed by atoms with E-state index in [9.17, 15) is 4.79 Å². The molecule has 0 bridgehead atoms. The van der Waals surface area contributed by atoms with Gasteiger partial charge < -0.3 is 14.2 Å². The Hall–Kier alpha value is -3.60. The van der Waals surface area contributed by atoms with Crippen LogP contribution in [0.3, 0.4) is 0 Å². The lowest BCUT2D eigenvalue weighted by molar-refractivity contribution is -0.117. The van der Waals surface area contributed by atoms with Gasteiger partial charge >= 0.3 is 0 Å². The zero-order valence-electron chi connectivity index (χ0n) is 21.7. The number of benzene rings is 3. The highest BCUT2D eigenvalue weighted by Crippen LogP contribution is 2.35. The summed E-state index contributed by atoms with van der Waals surface area (Å²) in [4.78, 5) is 20.0. The fourth-order valence-electron chi connectivity index (χ4n) is 5.14. The van der Waals surface area contributed by atoms with Crippen LogP contribution in [0.4, 0.5) is 5.69 Å². The van der Waals surface area contributed by atoms with Gasteiger partial charge in [-0.25, -0.2) is 4.98 Å². The monoisotopic (exact) mass is 481 g/mol. The van der Waals surface area contributed by atoms with Gasteiger partial charge in [-0.05, 0) is 73.2 Å². The Morgan fingerprint density at radius 2 is 1.78 bits per heavy atom. The molecule has 2 heterocycles. The lowest BCUT2D eigenvalue weighted by atomic mass is 10.0. The second-order valence-electron chi connectivity index (χ2n) is 10.2. The number of aromatic nitrogens is 2. The molecule has 5 nitrogen and oxygen atoms in total. The molecule has 36 heavy (non-hydrogen) atoms. The highest BCUT2D eigenvalue weighted by atomic mass is 16.5. The van der Waals surface area contributed by atoms with Crippen molar-refractivity contribution >= 4 is 22.6 Å². The van der Waals surface area contributed by atoms with Crippen molar-refractivity contribution in [2.75, 3.05) is 18.1 Å². The molecular weight excluding hydrogens is 446 g/mol. The number of fused-ring (bicyclic) bond motifs is 1. The molecule has 0 spiro atoms. The average molecular weight is 482 g/mol. The molecule has 1 aromatic heterocycles. The standard InChI is InChI=1S/C31H35N3O2/c1-21(2)24-13-15-26(16-14-24)36-18-8-17-33-29-11-6-5-10-27(29)32-31(33)25-19-30(35)34(20-25)28-12-7-9-22(3)23(28)4/h5-7,9-16,21,25H,8,17-20H2,1-4H3. The molecule has 186 valence electrons. The fraction of sp³-hybridized carbons (Fsp3) is 0.355. The molecule has 1 aliphatic heterocycles. The number of aryl methyl sites for hydroxylation is 2. The van der Waals surface area contributed by atoms with E-state index in [1.807, 2.05) is 17.0 Å². The van der Waals surface area contributed by atoms with Crippen LogP contribution in [0.25, 0.3) is 11.0 Å². The fourth-order valence-corrected chi connectivity index (χ4v) is 5.14. The molecule has 1 aliphatic rings. The van der Waals surface area contributed by atoms with E-state index in [2.05, 4.69) is 86.9 Å². The van der Waals surface area contributed by atoms with E-state index in [0.29, 0.717) is 25.5 Å². The SMILES string of the molecule is Cc1cccc(N2CC(c3nc4ccccc4n3CCCOc3ccc(C(C)C)cc3)CC2=O)c1C. The predicted molar refractivity (Wildman–Crippen MR) is 146 cm³/mol. The Bertz CT molecular complexity index is 1370. The van der Waals surface area contributed by atoms with Crippen LogP contribution < -0.4 is 9.64 Å². The molecule has 3 aromatic carbocycles. The molecule has 1 saturated heterocycles. The van der Waals surface area contributed by atoms with Crippen LogP contribution in [0, 0.1) is 13.8 Å². The number of ether oxygens (including phenoxy) is 1. The minimum Gasteiger partial charge on any atom is -0.494 e. The van der Waals surface area contributed by atoms with Crippen LogP contribution >= 0.6 is 0 Å². The zero-order chi connectivity index (χ0) is 25.2. The van der Waals surface area contributed by atoms with Crippen molar-refractivity contribution in [1.82, 2.24) is 9.55 Å². The molecule has 5 heteroatoms. The Kier molecular flexibility index (Phi) is 6.82. The van der Waals surface area contributed by atoms with Crippen molar-refractivity contribution < 1.29 is 9.53 Å². The Balaban J connectivity index is 1.32. The van der Waals surface area contributed by atoms with Crippen molar-refractivity contribution in [3.63, 3.8) is 0 Å². The second-order valence-corrected chi connectivity index (χ2v) is 10.2. The van der Waals surface area contributed by atoms with Crippen LogP contribution in [-0.4, -0.2) is 28.6 Å². The summed E-state index contributed by atoms with van der Waals surface area (Å²) in [7, 11) is 0. The number of anilines is 1. The number of carbonyl (C=O) groups excluding carboxylic acids is 1. The van der Waals surface area contributed by atoms with Crippen LogP contribution in [0.2, 0.25) is 0 Å². The van der Waals surface area contributed by atoms with Gasteiger partial charge in [-0.1, -0.05) is 50.2 Å². The average Bonchev–Trinajstić information content (AvgIpc) is 3.44. The number of imidazole rings is 1. The number of nitrogens with zero attached hydrogens (tertiary/aromatic N) is 3. The number of para-hydroxylation sites is 2. The molecule has 1 unspecified atom stereocenters. The van der Waals surface area contributed by atoms with Crippen molar-refractivity contribution in [2.45, 2.75) is 58.9 Å². The number of amides is 1. The van der Waals surface area contributed by atoms with Gasteiger partial charge in [0.25, 0.3) is 0 Å². The minimum atomic E-state index is 0.0642. The minimum absolute atomic E-state index is 0.0642. The van der Waals surface area contributed by atoms with E-state index in [1.165, 1.54) is 16.7 Å². The first kappa shape index (κ1) is 24.1. The van der Waals surface area contributed by atoms with Gasteiger partial charge in [0, 0.05) is 31.1 Å². The maximum absolute atomic E-state index is 13.1. The molecule has 0 saturated carbocycles. The third-order valence-corrected chi connectivity index (χ3v) is 7.38. The third kappa shape index (κ3) is 4.75. The molecule has 1 atom stereocenters. The highest BCUT2D eigenvalue weighted by molar-refractivity contribution is 5.97. The maximum atomic E-state index is 13.1. The second kappa shape index (κ2) is 10.2. The first-order chi connectivity index (χ1) is 17.4. The molecule has 0 radical (unpaired) electrons. The molecule has 0 N–H and O–H groups in total. The predicted octanol–water partition coefficient (Wildman–Crippen LogP) is 6.77. The summed E-state index contributed by atoms with van der Waals surface area (Å²) in [6.45, 7) is 10.7. The smallest absolute Gasteiger partial charge is 0.227 e. The summed E-state index contributed by atoms with van der Waals surface area (Å²) in [6.07, 6.45) is 1.34. The van der Waals surface area contributed by atoms with Crippen LogP contribution in [-0.2, 0) is 11.3 Å². The lowest BCUT2D eigenvalue weighted by Crippen LogP contribution is -2.25. The summed E-state index contributed by atoms with van der Waals surface area (Å²) >= 11 is 0. The third-order valence-electron chi connectivity index (χ3n) is 7.38. The van der Waals surface area contributed by atoms with E-state index in [4.69, 9.17) is 9.72 Å². The van der Waals surface area contributed by atoms with Crippen molar-refractivity contribution in [2.24, 2.45) is 0 Å². The Labute approximate surface area is 213 Å². The summed E-state index contributed by atoms with van der Waals surface area (Å²) in [5.41, 5.74) is 6.80. The summed E-state index contributed by atoms with van der Waals surface area (Å²) in [5, 5.41) is 0. The first-order valence-electron chi connectivity index (χ1n) is 13.0. The number of hydrogen-bond acceptors (Lipinski definition) is 3. The highest BCUT2D eigenvalue weighted by Gasteiger charge is 2.35. The lowest BCUT2D eigenvalue weighted by Gasteiger charge is -2.20. The van der Waals surface area contributed by atoms with Crippen LogP contribution in [0.1, 0.15) is 61.0 Å². The molecule has 4 aromatic rings. The number of hydrogen-bond donors (Lipinski definition) is 0. The van der Waals surface area contributed by atoms with E-state index in [1.54, 1.807) is 0 Å². The van der Waals surface area contributed by atoms with E-state index < -0.39 is 0 Å². The van der Waals surface area contributed by atoms with Crippen molar-refractivity contribution in [3.8, 4) is 5.75 Å². The van der Waals surface area contributed by atoms with Gasteiger partial charge in [0.05, 0.1) is 17.6 Å². The van der Waals surface area contributed by atoms with Crippen molar-refractivity contribution in [3.05, 3.63) is 89.2 Å². The van der Waals surface area contributed by atoms with E-state index >= 15 is 0 Å².